The zero-order chi connectivity index (χ0) is 14.5. The summed E-state index contributed by atoms with van der Waals surface area (Å²) in [4.78, 5) is 4.11. The Labute approximate surface area is 123 Å². The summed E-state index contributed by atoms with van der Waals surface area (Å²) >= 11 is 0. The molecule has 1 aromatic heterocycles. The molecule has 2 unspecified atom stereocenters. The fourth-order valence-corrected chi connectivity index (χ4v) is 2.66. The summed E-state index contributed by atoms with van der Waals surface area (Å²) in [6, 6.07) is 10.9. The van der Waals surface area contributed by atoms with Gasteiger partial charge in [-0.3, -0.25) is 10.4 Å². The summed E-state index contributed by atoms with van der Waals surface area (Å²) in [5, 5.41) is 3.46. The first-order valence-corrected chi connectivity index (χ1v) is 7.16. The van der Waals surface area contributed by atoms with Crippen molar-refractivity contribution in [3.05, 3.63) is 65.7 Å². The molecule has 1 fully saturated rings. The number of hydrogen-bond acceptors (Lipinski definition) is 4. The van der Waals surface area contributed by atoms with Gasteiger partial charge < -0.3 is 5.32 Å². The van der Waals surface area contributed by atoms with Crippen molar-refractivity contribution in [2.45, 2.75) is 12.6 Å². The van der Waals surface area contributed by atoms with Gasteiger partial charge in [-0.25, -0.2) is 9.82 Å². The van der Waals surface area contributed by atoms with E-state index in [2.05, 4.69) is 27.2 Å². The van der Waals surface area contributed by atoms with Gasteiger partial charge in [0.15, 0.2) is 0 Å². The fraction of sp³-hybridized carbons (Fsp3) is 0.312. The lowest BCUT2D eigenvalue weighted by molar-refractivity contribution is 0.441. The number of aromatic nitrogens is 1. The maximum atomic E-state index is 13.0. The minimum atomic E-state index is -0.198. The molecule has 0 radical (unpaired) electrons. The molecule has 110 valence electrons. The van der Waals surface area contributed by atoms with Crippen LogP contribution in [-0.4, -0.2) is 18.1 Å². The number of pyridine rings is 1. The maximum absolute atomic E-state index is 13.0. The summed E-state index contributed by atoms with van der Waals surface area (Å²) in [5.74, 6) is 0.225. The van der Waals surface area contributed by atoms with E-state index in [0.29, 0.717) is 5.92 Å². The van der Waals surface area contributed by atoms with E-state index in [1.807, 2.05) is 24.4 Å². The lowest BCUT2D eigenvalue weighted by Gasteiger charge is -2.19. The molecule has 0 saturated carbocycles. The molecule has 0 aliphatic carbocycles. The molecule has 3 rings (SSSR count). The summed E-state index contributed by atoms with van der Waals surface area (Å²) < 4.78 is 13.0. The van der Waals surface area contributed by atoms with Crippen molar-refractivity contribution in [1.82, 2.24) is 21.2 Å². The van der Waals surface area contributed by atoms with E-state index in [1.54, 1.807) is 6.20 Å². The van der Waals surface area contributed by atoms with Crippen molar-refractivity contribution >= 4 is 0 Å². The molecule has 0 amide bonds. The Kier molecular flexibility index (Phi) is 4.55. The van der Waals surface area contributed by atoms with Crippen LogP contribution >= 0.6 is 0 Å². The van der Waals surface area contributed by atoms with Crippen LogP contribution in [0.3, 0.4) is 0 Å². The number of hydrazine groups is 1. The molecule has 5 heteroatoms. The van der Waals surface area contributed by atoms with E-state index in [1.165, 1.54) is 17.7 Å². The number of benzene rings is 1. The molecule has 1 saturated heterocycles. The number of halogens is 1. The Balaban J connectivity index is 1.56. The van der Waals surface area contributed by atoms with Gasteiger partial charge in [-0.05, 0) is 29.3 Å². The van der Waals surface area contributed by atoms with Gasteiger partial charge in [-0.2, -0.15) is 0 Å². The highest BCUT2D eigenvalue weighted by atomic mass is 19.1. The van der Waals surface area contributed by atoms with E-state index in [-0.39, 0.29) is 11.9 Å². The Hall–Kier alpha value is -1.82. The highest BCUT2D eigenvalue weighted by Gasteiger charge is 2.27. The van der Waals surface area contributed by atoms with Gasteiger partial charge in [-0.1, -0.05) is 18.2 Å². The third-order valence-corrected chi connectivity index (χ3v) is 3.78. The molecule has 2 heterocycles. The average Bonchev–Trinajstić information content (AvgIpc) is 2.98. The maximum Gasteiger partial charge on any atom is 0.123 e. The SMILES string of the molecule is Fc1ccc(C2NNCC2CNCc2cccnc2)cc1. The lowest BCUT2D eigenvalue weighted by atomic mass is 9.95. The van der Waals surface area contributed by atoms with Gasteiger partial charge in [0.1, 0.15) is 5.82 Å². The summed E-state index contributed by atoms with van der Waals surface area (Å²) in [5.41, 5.74) is 8.74. The van der Waals surface area contributed by atoms with Crippen molar-refractivity contribution in [3.8, 4) is 0 Å². The van der Waals surface area contributed by atoms with Crippen LogP contribution in [0.15, 0.2) is 48.8 Å². The fourth-order valence-electron chi connectivity index (χ4n) is 2.66. The summed E-state index contributed by atoms with van der Waals surface area (Å²) in [7, 11) is 0. The van der Waals surface area contributed by atoms with Gasteiger partial charge in [0.05, 0.1) is 6.04 Å². The number of hydrogen-bond donors (Lipinski definition) is 3. The van der Waals surface area contributed by atoms with Crippen LogP contribution in [0.25, 0.3) is 0 Å². The molecule has 4 nitrogen and oxygen atoms in total. The predicted octanol–water partition coefficient (Wildman–Crippen LogP) is 1.78. The molecular formula is C16H19FN4. The van der Waals surface area contributed by atoms with E-state index >= 15 is 0 Å². The van der Waals surface area contributed by atoms with Crippen molar-refractivity contribution in [3.63, 3.8) is 0 Å². The van der Waals surface area contributed by atoms with Gasteiger partial charge in [0, 0.05) is 37.9 Å². The van der Waals surface area contributed by atoms with Crippen LogP contribution in [0.4, 0.5) is 4.39 Å². The third-order valence-electron chi connectivity index (χ3n) is 3.78. The van der Waals surface area contributed by atoms with Gasteiger partial charge >= 0.3 is 0 Å². The van der Waals surface area contributed by atoms with Crippen molar-refractivity contribution in [1.29, 1.82) is 0 Å². The molecule has 1 aliphatic heterocycles. The monoisotopic (exact) mass is 286 g/mol. The minimum absolute atomic E-state index is 0.198. The summed E-state index contributed by atoms with van der Waals surface area (Å²) in [6.07, 6.45) is 3.65. The lowest BCUT2D eigenvalue weighted by Crippen LogP contribution is -2.28. The first-order valence-electron chi connectivity index (χ1n) is 7.16. The number of nitrogens with zero attached hydrogens (tertiary/aromatic N) is 1. The zero-order valence-corrected chi connectivity index (χ0v) is 11.7. The van der Waals surface area contributed by atoms with E-state index < -0.39 is 0 Å². The average molecular weight is 286 g/mol. The largest absolute Gasteiger partial charge is 0.312 e. The van der Waals surface area contributed by atoms with Crippen LogP contribution in [0.5, 0.6) is 0 Å². The van der Waals surface area contributed by atoms with E-state index in [0.717, 1.165) is 25.2 Å². The molecule has 1 aliphatic rings. The Morgan fingerprint density at radius 2 is 2.10 bits per heavy atom. The zero-order valence-electron chi connectivity index (χ0n) is 11.7. The van der Waals surface area contributed by atoms with Crippen molar-refractivity contribution in [2.75, 3.05) is 13.1 Å². The van der Waals surface area contributed by atoms with Crippen LogP contribution < -0.4 is 16.2 Å². The van der Waals surface area contributed by atoms with Gasteiger partial charge in [0.25, 0.3) is 0 Å². The highest BCUT2D eigenvalue weighted by molar-refractivity contribution is 5.21. The van der Waals surface area contributed by atoms with Crippen LogP contribution in [0.2, 0.25) is 0 Å². The van der Waals surface area contributed by atoms with Crippen LogP contribution in [0, 0.1) is 11.7 Å². The second-order valence-corrected chi connectivity index (χ2v) is 5.31. The first-order chi connectivity index (χ1) is 10.3. The molecule has 1 aromatic carbocycles. The van der Waals surface area contributed by atoms with Crippen LogP contribution in [0.1, 0.15) is 17.2 Å². The number of nitrogens with one attached hydrogen (secondary N) is 3. The first kappa shape index (κ1) is 14.1. The minimum Gasteiger partial charge on any atom is -0.312 e. The number of rotatable bonds is 5. The molecule has 2 atom stereocenters. The molecule has 0 bridgehead atoms. The second kappa shape index (κ2) is 6.76. The third kappa shape index (κ3) is 3.64. The second-order valence-electron chi connectivity index (χ2n) is 5.31. The quantitative estimate of drug-likeness (QED) is 0.784. The molecule has 21 heavy (non-hydrogen) atoms. The predicted molar refractivity (Wildman–Crippen MR) is 79.7 cm³/mol. The standard InChI is InChI=1S/C16H19FN4/c17-15-5-3-13(4-6-15)16-14(11-20-21-16)10-19-9-12-2-1-7-18-8-12/h1-8,14,16,19-21H,9-11H2. The topological polar surface area (TPSA) is 49.0 Å². The molecular weight excluding hydrogens is 267 g/mol. The molecule has 2 aromatic rings. The van der Waals surface area contributed by atoms with Crippen LogP contribution in [-0.2, 0) is 6.54 Å². The van der Waals surface area contributed by atoms with Gasteiger partial charge in [0.2, 0.25) is 0 Å². The van der Waals surface area contributed by atoms with Gasteiger partial charge in [-0.15, -0.1) is 0 Å². The van der Waals surface area contributed by atoms with Crippen molar-refractivity contribution in [2.24, 2.45) is 5.92 Å². The van der Waals surface area contributed by atoms with Crippen molar-refractivity contribution < 1.29 is 4.39 Å². The highest BCUT2D eigenvalue weighted by Crippen LogP contribution is 2.24. The van der Waals surface area contributed by atoms with E-state index in [4.69, 9.17) is 0 Å². The Morgan fingerprint density at radius 3 is 2.86 bits per heavy atom. The molecule has 3 N–H and O–H groups in total. The Bertz CT molecular complexity index is 558. The Morgan fingerprint density at radius 1 is 1.24 bits per heavy atom. The smallest absolute Gasteiger partial charge is 0.123 e. The van der Waals surface area contributed by atoms with E-state index in [9.17, 15) is 4.39 Å². The molecule has 0 spiro atoms. The normalized spacial score (nSPS) is 21.6. The summed E-state index contributed by atoms with van der Waals surface area (Å²) in [6.45, 7) is 2.58.